The lowest BCUT2D eigenvalue weighted by molar-refractivity contribution is -0.129. The van der Waals surface area contributed by atoms with E-state index < -0.39 is 6.09 Å². The Hall–Kier alpha value is -3.60. The summed E-state index contributed by atoms with van der Waals surface area (Å²) in [7, 11) is 0. The van der Waals surface area contributed by atoms with Crippen molar-refractivity contribution in [2.45, 2.75) is 19.1 Å². The Morgan fingerprint density at radius 3 is 2.89 bits per heavy atom. The first-order valence-corrected chi connectivity index (χ1v) is 8.89. The van der Waals surface area contributed by atoms with Crippen molar-refractivity contribution in [1.82, 2.24) is 15.2 Å². The van der Waals surface area contributed by atoms with Gasteiger partial charge in [0.05, 0.1) is 18.2 Å². The first-order valence-electron chi connectivity index (χ1n) is 8.89. The summed E-state index contributed by atoms with van der Waals surface area (Å²) in [6.07, 6.45) is 1.33. The topological polar surface area (TPSA) is 105 Å². The van der Waals surface area contributed by atoms with Crippen molar-refractivity contribution in [2.75, 3.05) is 19.6 Å². The fourth-order valence-electron chi connectivity index (χ4n) is 2.80. The van der Waals surface area contributed by atoms with Crippen molar-refractivity contribution < 1.29 is 19.1 Å². The average molecular weight is 380 g/mol. The smallest absolute Gasteiger partial charge is 0.407 e. The summed E-state index contributed by atoms with van der Waals surface area (Å²) in [5.41, 5.74) is 1.34. The quantitative estimate of drug-likeness (QED) is 0.820. The molecule has 0 bridgehead atoms. The Kier molecular flexibility index (Phi) is 6.41. The number of carbonyl (C=O) groups is 2. The van der Waals surface area contributed by atoms with Gasteiger partial charge in [-0.1, -0.05) is 30.3 Å². The van der Waals surface area contributed by atoms with Gasteiger partial charge in [-0.3, -0.25) is 4.79 Å². The number of ether oxygens (including phenoxy) is 2. The van der Waals surface area contributed by atoms with E-state index in [-0.39, 0.29) is 25.2 Å². The number of carbonyl (C=O) groups excluding carboxylic acids is 2. The third kappa shape index (κ3) is 5.45. The first kappa shape index (κ1) is 19.2. The molecule has 144 valence electrons. The largest absolute Gasteiger partial charge is 0.472 e. The zero-order valence-electron chi connectivity index (χ0n) is 15.2. The van der Waals surface area contributed by atoms with Crippen LogP contribution in [-0.2, 0) is 16.1 Å². The molecule has 1 aliphatic heterocycles. The molecule has 1 aliphatic rings. The van der Waals surface area contributed by atoms with Gasteiger partial charge in [0.25, 0.3) is 0 Å². The van der Waals surface area contributed by atoms with E-state index >= 15 is 0 Å². The van der Waals surface area contributed by atoms with E-state index in [1.165, 1.54) is 6.20 Å². The number of alkyl carbamates (subject to hydrolysis) is 1. The van der Waals surface area contributed by atoms with Crippen LogP contribution in [0.25, 0.3) is 0 Å². The maximum atomic E-state index is 12.3. The molecule has 0 radical (unpaired) electrons. The Balaban J connectivity index is 1.39. The molecule has 1 unspecified atom stereocenters. The summed E-state index contributed by atoms with van der Waals surface area (Å²) in [6, 6.07) is 14.5. The summed E-state index contributed by atoms with van der Waals surface area (Å²) in [4.78, 5) is 29.7. The van der Waals surface area contributed by atoms with Crippen LogP contribution < -0.4 is 10.1 Å². The molecule has 1 fully saturated rings. The van der Waals surface area contributed by atoms with E-state index in [4.69, 9.17) is 14.7 Å². The highest BCUT2D eigenvalue weighted by Gasteiger charge is 2.28. The van der Waals surface area contributed by atoms with Crippen LogP contribution in [0.2, 0.25) is 0 Å². The number of aromatic nitrogens is 1. The van der Waals surface area contributed by atoms with Crippen LogP contribution in [0.1, 0.15) is 17.5 Å². The number of likely N-dealkylation sites (tertiary alicyclic amines) is 1. The summed E-state index contributed by atoms with van der Waals surface area (Å²) in [6.45, 7) is 0.942. The van der Waals surface area contributed by atoms with Crippen molar-refractivity contribution in [3.05, 3.63) is 59.8 Å². The predicted molar refractivity (Wildman–Crippen MR) is 99.2 cm³/mol. The van der Waals surface area contributed by atoms with E-state index in [0.29, 0.717) is 31.0 Å². The maximum Gasteiger partial charge on any atom is 0.407 e. The molecule has 8 nitrogen and oxygen atoms in total. The van der Waals surface area contributed by atoms with Crippen molar-refractivity contribution in [3.63, 3.8) is 0 Å². The standard InChI is InChI=1S/C20H20N4O4/c21-11-16-6-8-22-18(10-16)28-17-7-9-24(13-17)19(25)12-23-20(26)27-14-15-4-2-1-3-5-15/h1-6,8,10,17H,7,9,12-14H2,(H,23,26). The Morgan fingerprint density at radius 1 is 1.29 bits per heavy atom. The van der Waals surface area contributed by atoms with Crippen molar-refractivity contribution in [2.24, 2.45) is 0 Å². The number of hydrogen-bond donors (Lipinski definition) is 1. The Morgan fingerprint density at radius 2 is 2.11 bits per heavy atom. The van der Waals surface area contributed by atoms with Gasteiger partial charge in [0.1, 0.15) is 19.3 Å². The van der Waals surface area contributed by atoms with Crippen molar-refractivity contribution >= 4 is 12.0 Å². The van der Waals surface area contributed by atoms with Gasteiger partial charge in [0.15, 0.2) is 0 Å². The molecule has 1 atom stereocenters. The predicted octanol–water partition coefficient (Wildman–Crippen LogP) is 1.86. The van der Waals surface area contributed by atoms with Crippen LogP contribution in [0.3, 0.4) is 0 Å². The molecule has 1 aromatic heterocycles. The number of hydrogen-bond acceptors (Lipinski definition) is 6. The van der Waals surface area contributed by atoms with E-state index in [0.717, 1.165) is 5.56 Å². The summed E-state index contributed by atoms with van der Waals surface area (Å²) < 4.78 is 10.8. The molecular formula is C20H20N4O4. The number of nitriles is 1. The minimum Gasteiger partial charge on any atom is -0.472 e. The normalized spacial score (nSPS) is 15.5. The number of benzene rings is 1. The van der Waals surface area contributed by atoms with Crippen molar-refractivity contribution in [1.29, 1.82) is 5.26 Å². The molecule has 8 heteroatoms. The molecule has 1 N–H and O–H groups in total. The van der Waals surface area contributed by atoms with Crippen LogP contribution in [0, 0.1) is 11.3 Å². The van der Waals surface area contributed by atoms with E-state index in [2.05, 4.69) is 10.3 Å². The molecule has 0 spiro atoms. The lowest BCUT2D eigenvalue weighted by Gasteiger charge is -2.17. The van der Waals surface area contributed by atoms with Crippen LogP contribution >= 0.6 is 0 Å². The van der Waals surface area contributed by atoms with Gasteiger partial charge in [-0.15, -0.1) is 0 Å². The second kappa shape index (κ2) is 9.37. The van der Waals surface area contributed by atoms with Gasteiger partial charge in [-0.2, -0.15) is 5.26 Å². The van der Waals surface area contributed by atoms with Gasteiger partial charge >= 0.3 is 6.09 Å². The zero-order chi connectivity index (χ0) is 19.8. The van der Waals surface area contributed by atoms with Gasteiger partial charge in [0, 0.05) is 25.2 Å². The van der Waals surface area contributed by atoms with E-state index in [1.54, 1.807) is 17.0 Å². The fraction of sp³-hybridized carbons (Fsp3) is 0.300. The Labute approximate surface area is 162 Å². The summed E-state index contributed by atoms with van der Waals surface area (Å²) in [5, 5.41) is 11.4. The van der Waals surface area contributed by atoms with Gasteiger partial charge in [-0.25, -0.2) is 9.78 Å². The summed E-state index contributed by atoms with van der Waals surface area (Å²) in [5.74, 6) is 0.155. The third-order valence-corrected chi connectivity index (χ3v) is 4.25. The number of nitrogens with zero attached hydrogens (tertiary/aromatic N) is 3. The SMILES string of the molecule is N#Cc1ccnc(OC2CCN(C(=O)CNC(=O)OCc3ccccc3)C2)c1. The highest BCUT2D eigenvalue weighted by Crippen LogP contribution is 2.17. The molecule has 2 heterocycles. The second-order valence-electron chi connectivity index (χ2n) is 6.28. The van der Waals surface area contributed by atoms with Crippen LogP contribution in [0.5, 0.6) is 5.88 Å². The minimum atomic E-state index is -0.637. The molecule has 1 aromatic carbocycles. The Bertz CT molecular complexity index is 866. The molecule has 2 amide bonds. The average Bonchev–Trinajstić information content (AvgIpc) is 3.20. The molecule has 1 saturated heterocycles. The van der Waals surface area contributed by atoms with Gasteiger partial charge < -0.3 is 19.7 Å². The number of pyridine rings is 1. The number of rotatable bonds is 6. The zero-order valence-corrected chi connectivity index (χ0v) is 15.2. The van der Waals surface area contributed by atoms with E-state index in [9.17, 15) is 9.59 Å². The van der Waals surface area contributed by atoms with Crippen molar-refractivity contribution in [3.8, 4) is 11.9 Å². The lowest BCUT2D eigenvalue weighted by Crippen LogP contribution is -2.39. The van der Waals surface area contributed by atoms with Gasteiger partial charge in [0.2, 0.25) is 11.8 Å². The van der Waals surface area contributed by atoms with E-state index in [1.807, 2.05) is 36.4 Å². The molecule has 28 heavy (non-hydrogen) atoms. The first-order chi connectivity index (χ1) is 13.6. The lowest BCUT2D eigenvalue weighted by atomic mass is 10.2. The summed E-state index contributed by atoms with van der Waals surface area (Å²) >= 11 is 0. The highest BCUT2D eigenvalue weighted by atomic mass is 16.5. The second-order valence-corrected chi connectivity index (χ2v) is 6.28. The molecule has 3 rings (SSSR count). The van der Waals surface area contributed by atoms with Crippen LogP contribution in [-0.4, -0.2) is 47.6 Å². The maximum absolute atomic E-state index is 12.3. The number of nitrogens with one attached hydrogen (secondary N) is 1. The molecule has 0 aliphatic carbocycles. The number of amides is 2. The van der Waals surface area contributed by atoms with Crippen LogP contribution in [0.4, 0.5) is 4.79 Å². The highest BCUT2D eigenvalue weighted by molar-refractivity contribution is 5.82. The van der Waals surface area contributed by atoms with Crippen LogP contribution in [0.15, 0.2) is 48.7 Å². The molecule has 2 aromatic rings. The fourth-order valence-corrected chi connectivity index (χ4v) is 2.80. The molecule has 0 saturated carbocycles. The van der Waals surface area contributed by atoms with Gasteiger partial charge in [-0.05, 0) is 11.6 Å². The third-order valence-electron chi connectivity index (χ3n) is 4.25. The molecular weight excluding hydrogens is 360 g/mol. The minimum absolute atomic E-state index is 0.136. The monoisotopic (exact) mass is 380 g/mol.